The molecule has 0 radical (unpaired) electrons. The molecule has 1 aliphatic heterocycles. The summed E-state index contributed by atoms with van der Waals surface area (Å²) in [5.74, 6) is -0.996. The molecule has 19 heavy (non-hydrogen) atoms. The molecular weight excluding hydrogens is 245 g/mol. The van der Waals surface area contributed by atoms with Crippen LogP contribution >= 0.6 is 0 Å². The zero-order chi connectivity index (χ0) is 14.0. The standard InChI is InChI=1S/C15H20FNO2/c1-11(10-12-4-6-13(16)7-5-12)17-9-3-8-15(17,2)14(18)19/h4-7,11H,3,8-10H2,1-2H3,(H,18,19). The van der Waals surface area contributed by atoms with Crippen LogP contribution in [0.3, 0.4) is 0 Å². The summed E-state index contributed by atoms with van der Waals surface area (Å²) < 4.78 is 12.9. The Bertz CT molecular complexity index is 460. The quantitative estimate of drug-likeness (QED) is 0.910. The second kappa shape index (κ2) is 5.29. The summed E-state index contributed by atoms with van der Waals surface area (Å²) in [7, 11) is 0. The summed E-state index contributed by atoms with van der Waals surface area (Å²) in [6.45, 7) is 4.64. The van der Waals surface area contributed by atoms with E-state index in [-0.39, 0.29) is 11.9 Å². The van der Waals surface area contributed by atoms with Crippen LogP contribution in [0.15, 0.2) is 24.3 Å². The highest BCUT2D eigenvalue weighted by atomic mass is 19.1. The normalized spacial score (nSPS) is 25.4. The van der Waals surface area contributed by atoms with Crippen LogP contribution in [0.2, 0.25) is 0 Å². The van der Waals surface area contributed by atoms with E-state index in [2.05, 4.69) is 4.90 Å². The minimum Gasteiger partial charge on any atom is -0.480 e. The number of aliphatic carboxylic acids is 1. The van der Waals surface area contributed by atoms with Crippen molar-refractivity contribution in [2.45, 2.75) is 44.7 Å². The highest BCUT2D eigenvalue weighted by molar-refractivity contribution is 5.78. The van der Waals surface area contributed by atoms with Crippen LogP contribution in [0.25, 0.3) is 0 Å². The Labute approximate surface area is 113 Å². The maximum Gasteiger partial charge on any atom is 0.323 e. The van der Waals surface area contributed by atoms with Crippen LogP contribution < -0.4 is 0 Å². The van der Waals surface area contributed by atoms with Gasteiger partial charge in [0.05, 0.1) is 0 Å². The lowest BCUT2D eigenvalue weighted by atomic mass is 9.96. The Kier molecular flexibility index (Phi) is 3.90. The first kappa shape index (κ1) is 14.0. The van der Waals surface area contributed by atoms with Crippen molar-refractivity contribution in [3.63, 3.8) is 0 Å². The fraction of sp³-hybridized carbons (Fsp3) is 0.533. The SMILES string of the molecule is CC(Cc1ccc(F)cc1)N1CCCC1(C)C(=O)O. The lowest BCUT2D eigenvalue weighted by Gasteiger charge is -2.36. The predicted octanol–water partition coefficient (Wildman–Crippen LogP) is 2.70. The van der Waals surface area contributed by atoms with E-state index in [4.69, 9.17) is 0 Å². The lowest BCUT2D eigenvalue weighted by molar-refractivity contribution is -0.149. The van der Waals surface area contributed by atoms with Crippen LogP contribution in [0.5, 0.6) is 0 Å². The molecule has 104 valence electrons. The molecule has 0 bridgehead atoms. The Balaban J connectivity index is 2.09. The lowest BCUT2D eigenvalue weighted by Crippen LogP contribution is -2.52. The molecule has 0 amide bonds. The average Bonchev–Trinajstić information content (AvgIpc) is 2.76. The van der Waals surface area contributed by atoms with Crippen LogP contribution in [0.4, 0.5) is 4.39 Å². The highest BCUT2D eigenvalue weighted by Crippen LogP contribution is 2.32. The molecule has 2 atom stereocenters. The van der Waals surface area contributed by atoms with Gasteiger partial charge in [-0.05, 0) is 57.4 Å². The second-order valence-electron chi connectivity index (χ2n) is 5.56. The Morgan fingerprint density at radius 1 is 1.47 bits per heavy atom. The van der Waals surface area contributed by atoms with E-state index in [0.717, 1.165) is 24.9 Å². The van der Waals surface area contributed by atoms with E-state index in [0.29, 0.717) is 6.42 Å². The molecule has 0 spiro atoms. The largest absolute Gasteiger partial charge is 0.480 e. The molecule has 4 heteroatoms. The number of nitrogens with zero attached hydrogens (tertiary/aromatic N) is 1. The zero-order valence-electron chi connectivity index (χ0n) is 11.4. The number of carboxylic acid groups (broad SMARTS) is 1. The summed E-state index contributed by atoms with van der Waals surface area (Å²) in [6, 6.07) is 6.55. The van der Waals surface area contributed by atoms with Gasteiger partial charge >= 0.3 is 5.97 Å². The van der Waals surface area contributed by atoms with Gasteiger partial charge in [0.1, 0.15) is 11.4 Å². The molecule has 0 aromatic heterocycles. The van der Waals surface area contributed by atoms with E-state index in [1.165, 1.54) is 12.1 Å². The number of rotatable bonds is 4. The summed E-state index contributed by atoms with van der Waals surface area (Å²) in [5.41, 5.74) is 0.271. The number of likely N-dealkylation sites (tertiary alicyclic amines) is 1. The second-order valence-corrected chi connectivity index (χ2v) is 5.56. The smallest absolute Gasteiger partial charge is 0.323 e. The van der Waals surface area contributed by atoms with Gasteiger partial charge in [-0.25, -0.2) is 4.39 Å². The van der Waals surface area contributed by atoms with Crippen molar-refractivity contribution in [2.24, 2.45) is 0 Å². The Hall–Kier alpha value is -1.42. The molecule has 1 N–H and O–H groups in total. The van der Waals surface area contributed by atoms with Gasteiger partial charge in [-0.15, -0.1) is 0 Å². The van der Waals surface area contributed by atoms with Crippen molar-refractivity contribution in [1.29, 1.82) is 0 Å². The van der Waals surface area contributed by atoms with Crippen molar-refractivity contribution < 1.29 is 14.3 Å². The molecule has 2 unspecified atom stereocenters. The number of halogens is 1. The molecule has 1 aromatic carbocycles. The van der Waals surface area contributed by atoms with Crippen LogP contribution in [-0.2, 0) is 11.2 Å². The van der Waals surface area contributed by atoms with Gasteiger partial charge in [0.15, 0.2) is 0 Å². The van der Waals surface area contributed by atoms with E-state index in [9.17, 15) is 14.3 Å². The summed E-state index contributed by atoms with van der Waals surface area (Å²) in [4.78, 5) is 13.5. The van der Waals surface area contributed by atoms with Crippen molar-refractivity contribution in [3.05, 3.63) is 35.6 Å². The van der Waals surface area contributed by atoms with E-state index in [1.807, 2.05) is 6.92 Å². The monoisotopic (exact) mass is 265 g/mol. The summed E-state index contributed by atoms with van der Waals surface area (Å²) in [6.07, 6.45) is 2.34. The van der Waals surface area contributed by atoms with Crippen molar-refractivity contribution in [2.75, 3.05) is 6.54 Å². The third-order valence-electron chi connectivity index (χ3n) is 4.13. The fourth-order valence-electron chi connectivity index (χ4n) is 2.99. The van der Waals surface area contributed by atoms with Gasteiger partial charge in [0, 0.05) is 6.04 Å². The van der Waals surface area contributed by atoms with Gasteiger partial charge < -0.3 is 5.11 Å². The fourth-order valence-corrected chi connectivity index (χ4v) is 2.99. The number of hydrogen-bond acceptors (Lipinski definition) is 2. The van der Waals surface area contributed by atoms with E-state index >= 15 is 0 Å². The number of benzene rings is 1. The first-order valence-electron chi connectivity index (χ1n) is 6.68. The molecule has 0 saturated carbocycles. The van der Waals surface area contributed by atoms with E-state index in [1.54, 1.807) is 19.1 Å². The molecule has 0 aliphatic carbocycles. The Morgan fingerprint density at radius 3 is 2.68 bits per heavy atom. The van der Waals surface area contributed by atoms with Crippen molar-refractivity contribution >= 4 is 5.97 Å². The number of carboxylic acids is 1. The Morgan fingerprint density at radius 2 is 2.11 bits per heavy atom. The summed E-state index contributed by atoms with van der Waals surface area (Å²) >= 11 is 0. The third kappa shape index (κ3) is 2.78. The minimum absolute atomic E-state index is 0.133. The van der Waals surface area contributed by atoms with Gasteiger partial charge in [0.2, 0.25) is 0 Å². The molecule has 1 heterocycles. The minimum atomic E-state index is -0.764. The zero-order valence-corrected chi connectivity index (χ0v) is 11.4. The molecule has 1 saturated heterocycles. The third-order valence-corrected chi connectivity index (χ3v) is 4.13. The maximum absolute atomic E-state index is 12.9. The van der Waals surface area contributed by atoms with Crippen LogP contribution in [0, 0.1) is 5.82 Å². The topological polar surface area (TPSA) is 40.5 Å². The molecule has 3 nitrogen and oxygen atoms in total. The predicted molar refractivity (Wildman–Crippen MR) is 71.5 cm³/mol. The van der Waals surface area contributed by atoms with Crippen molar-refractivity contribution in [3.8, 4) is 0 Å². The first-order chi connectivity index (χ1) is 8.93. The van der Waals surface area contributed by atoms with E-state index < -0.39 is 11.5 Å². The molecule has 2 rings (SSSR count). The van der Waals surface area contributed by atoms with Gasteiger partial charge in [-0.2, -0.15) is 0 Å². The molecule has 1 aromatic rings. The summed E-state index contributed by atoms with van der Waals surface area (Å²) in [5, 5.41) is 9.40. The average molecular weight is 265 g/mol. The van der Waals surface area contributed by atoms with Crippen LogP contribution in [-0.4, -0.2) is 34.1 Å². The van der Waals surface area contributed by atoms with Gasteiger partial charge in [0.25, 0.3) is 0 Å². The van der Waals surface area contributed by atoms with Crippen molar-refractivity contribution in [1.82, 2.24) is 4.90 Å². The highest BCUT2D eigenvalue weighted by Gasteiger charge is 2.45. The maximum atomic E-state index is 12.9. The molecular formula is C15H20FNO2. The number of carbonyl (C=O) groups is 1. The molecule has 1 aliphatic rings. The van der Waals surface area contributed by atoms with Gasteiger partial charge in [-0.3, -0.25) is 9.69 Å². The molecule has 1 fully saturated rings. The van der Waals surface area contributed by atoms with Gasteiger partial charge in [-0.1, -0.05) is 12.1 Å². The first-order valence-corrected chi connectivity index (χ1v) is 6.68. The van der Waals surface area contributed by atoms with Crippen LogP contribution in [0.1, 0.15) is 32.3 Å². The number of hydrogen-bond donors (Lipinski definition) is 1.